The molecule has 8 rings (SSSR count). The van der Waals surface area contributed by atoms with E-state index in [-0.39, 0.29) is 21.1 Å². The maximum absolute atomic E-state index is 6.39. The van der Waals surface area contributed by atoms with Crippen molar-refractivity contribution in [1.82, 2.24) is 9.97 Å². The van der Waals surface area contributed by atoms with Gasteiger partial charge in [0.2, 0.25) is 17.6 Å². The van der Waals surface area contributed by atoms with Crippen LogP contribution in [0.1, 0.15) is 22.3 Å². The predicted molar refractivity (Wildman–Crippen MR) is 174 cm³/mol. The molecule has 0 spiro atoms. The van der Waals surface area contributed by atoms with E-state index in [1.165, 1.54) is 16.7 Å². The molecule has 0 N–H and O–H groups in total. The van der Waals surface area contributed by atoms with Gasteiger partial charge in [-0.25, -0.2) is 4.98 Å². The van der Waals surface area contributed by atoms with Gasteiger partial charge in [0, 0.05) is 24.4 Å². The maximum atomic E-state index is 6.39. The summed E-state index contributed by atoms with van der Waals surface area (Å²) in [4.78, 5) is 8.81. The SMILES string of the molecule is [Pt+2].c1ccc(Oc2cccc(Oc3cccc4c3[N-]c3c(cccc3-c3cccc5c3[N-]c3ccccc3CC5)CC4)n2)nc1. The van der Waals surface area contributed by atoms with Gasteiger partial charge in [-0.1, -0.05) is 113 Å². The van der Waals surface area contributed by atoms with Gasteiger partial charge < -0.3 is 20.1 Å². The second-order valence-corrected chi connectivity index (χ2v) is 10.9. The van der Waals surface area contributed by atoms with Crippen LogP contribution in [0.2, 0.25) is 0 Å². The van der Waals surface area contributed by atoms with E-state index in [1.807, 2.05) is 36.4 Å². The first-order valence-corrected chi connectivity index (χ1v) is 14.9. The number of hydrogen-bond donors (Lipinski definition) is 0. The summed E-state index contributed by atoms with van der Waals surface area (Å²) in [6.07, 6.45) is 5.34. The van der Waals surface area contributed by atoms with Crippen molar-refractivity contribution in [1.29, 1.82) is 0 Å². The van der Waals surface area contributed by atoms with E-state index < -0.39 is 0 Å². The standard InChI is InChI=1S/C38H28N4O2.Pt/c1-2-15-31-25(9-1)20-21-26-10-5-13-29(36(26)40-31)30-14-6-11-27-22-23-28-12-7-16-32(38(28)42-37(27)30)43-34-18-8-19-35(41-34)44-33-17-3-4-24-39-33;/h1-19,24H,20-23H2;/q-2;+2. The maximum Gasteiger partial charge on any atom is 2.00 e. The van der Waals surface area contributed by atoms with E-state index in [1.54, 1.807) is 18.3 Å². The molecule has 6 aromatic rings. The summed E-state index contributed by atoms with van der Waals surface area (Å²) in [7, 11) is 0. The molecule has 0 radical (unpaired) electrons. The van der Waals surface area contributed by atoms with E-state index in [2.05, 4.69) is 76.7 Å². The number of hydrogen-bond acceptors (Lipinski definition) is 4. The molecule has 4 aromatic carbocycles. The van der Waals surface area contributed by atoms with Crippen molar-refractivity contribution in [3.63, 3.8) is 0 Å². The molecule has 45 heavy (non-hydrogen) atoms. The van der Waals surface area contributed by atoms with Gasteiger partial charge in [0.25, 0.3) is 0 Å². The number of aryl methyl sites for hydroxylation is 4. The normalized spacial score (nSPS) is 12.7. The molecular formula is C38H28N4O2Pt. The Bertz CT molecular complexity index is 2000. The average molecular weight is 768 g/mol. The van der Waals surface area contributed by atoms with Crippen LogP contribution in [-0.4, -0.2) is 9.97 Å². The molecule has 7 heteroatoms. The fraction of sp³-hybridized carbons (Fsp3) is 0.105. The molecule has 2 aliphatic heterocycles. The molecule has 0 atom stereocenters. The van der Waals surface area contributed by atoms with Crippen molar-refractivity contribution in [2.45, 2.75) is 25.7 Å². The molecule has 0 fully saturated rings. The average Bonchev–Trinajstić information content (AvgIpc) is 3.38. The van der Waals surface area contributed by atoms with Crippen LogP contribution in [0.3, 0.4) is 0 Å². The van der Waals surface area contributed by atoms with Crippen molar-refractivity contribution >= 4 is 22.7 Å². The van der Waals surface area contributed by atoms with Gasteiger partial charge in [0.05, 0.1) is 0 Å². The monoisotopic (exact) mass is 767 g/mol. The van der Waals surface area contributed by atoms with E-state index >= 15 is 0 Å². The smallest absolute Gasteiger partial charge is 0.657 e. The Morgan fingerprint density at radius 2 is 1.02 bits per heavy atom. The molecule has 6 nitrogen and oxygen atoms in total. The van der Waals surface area contributed by atoms with Crippen molar-refractivity contribution < 1.29 is 30.5 Å². The van der Waals surface area contributed by atoms with Crippen LogP contribution in [0, 0.1) is 0 Å². The molecule has 4 heterocycles. The molecule has 0 amide bonds. The number of aromatic nitrogens is 2. The number of fused-ring (bicyclic) bond motifs is 4. The van der Waals surface area contributed by atoms with Gasteiger partial charge in [0.15, 0.2) is 0 Å². The van der Waals surface area contributed by atoms with E-state index in [0.717, 1.165) is 65.1 Å². The van der Waals surface area contributed by atoms with Gasteiger partial charge in [-0.3, -0.25) is 0 Å². The van der Waals surface area contributed by atoms with E-state index in [0.29, 0.717) is 23.4 Å². The zero-order valence-electron chi connectivity index (χ0n) is 24.3. The van der Waals surface area contributed by atoms with Crippen molar-refractivity contribution in [2.75, 3.05) is 0 Å². The molecule has 2 aromatic heterocycles. The topological polar surface area (TPSA) is 72.4 Å². The van der Waals surface area contributed by atoms with E-state index in [9.17, 15) is 0 Å². The molecule has 0 saturated heterocycles. The minimum absolute atomic E-state index is 0. The van der Waals surface area contributed by atoms with Crippen LogP contribution in [0.4, 0.5) is 22.7 Å². The summed E-state index contributed by atoms with van der Waals surface area (Å²) in [6.45, 7) is 0. The molecule has 2 aliphatic rings. The number of benzene rings is 4. The number of para-hydroxylation sites is 4. The van der Waals surface area contributed by atoms with Crippen molar-refractivity contribution in [3.05, 3.63) is 154 Å². The summed E-state index contributed by atoms with van der Waals surface area (Å²) in [6, 6.07) is 38.5. The minimum Gasteiger partial charge on any atom is -0.657 e. The first-order valence-electron chi connectivity index (χ1n) is 14.9. The number of pyridine rings is 2. The third kappa shape index (κ3) is 5.82. The van der Waals surface area contributed by atoms with Gasteiger partial charge in [0.1, 0.15) is 5.75 Å². The fourth-order valence-corrected chi connectivity index (χ4v) is 6.00. The summed E-state index contributed by atoms with van der Waals surface area (Å²) in [5, 5.41) is 10.6. The zero-order valence-corrected chi connectivity index (χ0v) is 26.6. The molecular weight excluding hydrogens is 740 g/mol. The Hall–Kier alpha value is -4.93. The van der Waals surface area contributed by atoms with Gasteiger partial charge in [-0.05, 0) is 48.9 Å². The minimum atomic E-state index is 0. The summed E-state index contributed by atoms with van der Waals surface area (Å²) >= 11 is 0. The third-order valence-corrected chi connectivity index (χ3v) is 8.15. The van der Waals surface area contributed by atoms with Crippen LogP contribution in [0.15, 0.2) is 121 Å². The Morgan fingerprint density at radius 1 is 0.467 bits per heavy atom. The van der Waals surface area contributed by atoms with Gasteiger partial charge in [-0.2, -0.15) is 4.98 Å². The van der Waals surface area contributed by atoms with Crippen LogP contribution in [0.25, 0.3) is 21.8 Å². The fourth-order valence-electron chi connectivity index (χ4n) is 6.00. The number of nitrogens with zero attached hydrogens (tertiary/aromatic N) is 4. The number of rotatable bonds is 5. The molecule has 0 aliphatic carbocycles. The van der Waals surface area contributed by atoms with Crippen molar-refractivity contribution in [3.8, 4) is 34.5 Å². The van der Waals surface area contributed by atoms with Crippen molar-refractivity contribution in [2.24, 2.45) is 0 Å². The zero-order chi connectivity index (χ0) is 29.3. The summed E-state index contributed by atoms with van der Waals surface area (Å²) in [5.41, 5.74) is 10.9. The number of ether oxygens (including phenoxy) is 2. The first kappa shape index (κ1) is 28.8. The quantitative estimate of drug-likeness (QED) is 0.175. The van der Waals surface area contributed by atoms with Gasteiger partial charge in [-0.15, -0.1) is 17.1 Å². The third-order valence-electron chi connectivity index (χ3n) is 8.15. The predicted octanol–water partition coefficient (Wildman–Crippen LogP) is 10.6. The second kappa shape index (κ2) is 12.6. The largest absolute Gasteiger partial charge is 2.00 e. The molecule has 0 unspecified atom stereocenters. The molecule has 222 valence electrons. The Kier molecular flexibility index (Phi) is 8.06. The Morgan fingerprint density at radius 3 is 1.76 bits per heavy atom. The van der Waals surface area contributed by atoms with Crippen LogP contribution >= 0.6 is 0 Å². The molecule has 0 bridgehead atoms. The van der Waals surface area contributed by atoms with Crippen LogP contribution < -0.4 is 9.47 Å². The summed E-state index contributed by atoms with van der Waals surface area (Å²) in [5.74, 6) is 1.95. The Balaban J connectivity index is 0.00000325. The van der Waals surface area contributed by atoms with Crippen LogP contribution in [-0.2, 0) is 46.7 Å². The van der Waals surface area contributed by atoms with Crippen LogP contribution in [0.5, 0.6) is 23.4 Å². The van der Waals surface area contributed by atoms with E-state index in [4.69, 9.17) is 20.1 Å². The van der Waals surface area contributed by atoms with Gasteiger partial charge >= 0.3 is 21.1 Å². The molecule has 0 saturated carbocycles. The second-order valence-electron chi connectivity index (χ2n) is 10.9. The first-order chi connectivity index (χ1) is 21.8. The Labute approximate surface area is 276 Å². The summed E-state index contributed by atoms with van der Waals surface area (Å²) < 4.78 is 12.2.